The highest BCUT2D eigenvalue weighted by Crippen LogP contribution is 2.20. The van der Waals surface area contributed by atoms with Crippen LogP contribution in [0.1, 0.15) is 12.5 Å². The minimum Gasteiger partial charge on any atom is -0.314 e. The molecule has 1 saturated heterocycles. The van der Waals surface area contributed by atoms with Gasteiger partial charge in [-0.1, -0.05) is 17.7 Å². The normalized spacial score (nSPS) is 21.0. The smallest absolute Gasteiger partial charge is 0.124 e. The van der Waals surface area contributed by atoms with Gasteiger partial charge < -0.3 is 5.32 Å². The molecule has 5 heteroatoms. The molecule has 17 heavy (non-hydrogen) atoms. The fourth-order valence-electron chi connectivity index (χ4n) is 1.99. The Morgan fingerprint density at radius 2 is 2.29 bits per heavy atom. The molecule has 0 spiro atoms. The van der Waals surface area contributed by atoms with E-state index in [9.17, 15) is 4.39 Å². The van der Waals surface area contributed by atoms with Gasteiger partial charge in [-0.15, -0.1) is 12.4 Å². The van der Waals surface area contributed by atoms with Crippen molar-refractivity contribution in [2.45, 2.75) is 19.5 Å². The van der Waals surface area contributed by atoms with E-state index in [-0.39, 0.29) is 18.2 Å². The quantitative estimate of drug-likeness (QED) is 0.895. The zero-order valence-corrected chi connectivity index (χ0v) is 11.3. The van der Waals surface area contributed by atoms with Crippen LogP contribution in [0.3, 0.4) is 0 Å². The van der Waals surface area contributed by atoms with Gasteiger partial charge in [0.25, 0.3) is 0 Å². The number of piperazine rings is 1. The van der Waals surface area contributed by atoms with E-state index in [4.69, 9.17) is 11.6 Å². The number of hydrogen-bond acceptors (Lipinski definition) is 2. The van der Waals surface area contributed by atoms with Gasteiger partial charge in [-0.25, -0.2) is 4.39 Å². The van der Waals surface area contributed by atoms with Crippen LogP contribution in [0.25, 0.3) is 0 Å². The molecule has 0 bridgehead atoms. The summed E-state index contributed by atoms with van der Waals surface area (Å²) in [4.78, 5) is 2.36. The molecule has 96 valence electrons. The lowest BCUT2D eigenvalue weighted by Crippen LogP contribution is -2.49. The maximum absolute atomic E-state index is 12.9. The second-order valence-corrected chi connectivity index (χ2v) is 4.67. The summed E-state index contributed by atoms with van der Waals surface area (Å²) >= 11 is 6.01. The summed E-state index contributed by atoms with van der Waals surface area (Å²) in [6, 6.07) is 5.11. The van der Waals surface area contributed by atoms with Gasteiger partial charge in [-0.2, -0.15) is 0 Å². The van der Waals surface area contributed by atoms with Crippen LogP contribution >= 0.6 is 24.0 Å². The van der Waals surface area contributed by atoms with Crippen molar-refractivity contribution >= 4 is 24.0 Å². The highest BCUT2D eigenvalue weighted by atomic mass is 35.5. The lowest BCUT2D eigenvalue weighted by atomic mass is 10.1. The minimum atomic E-state index is -0.276. The van der Waals surface area contributed by atoms with Crippen LogP contribution < -0.4 is 5.32 Å². The molecule has 1 aliphatic heterocycles. The fourth-order valence-corrected chi connectivity index (χ4v) is 2.21. The summed E-state index contributed by atoms with van der Waals surface area (Å²) in [6.45, 7) is 5.99. The molecule has 1 atom stereocenters. The first-order chi connectivity index (χ1) is 7.66. The standard InChI is InChI=1S/C12H16ClFN2.ClH/c1-9-7-15-4-5-16(9)8-10-2-3-11(14)6-12(10)13;/h2-3,6,9,15H,4-5,7-8H2,1H3;1H/t9-;/m0./s1. The van der Waals surface area contributed by atoms with Gasteiger partial charge in [0.1, 0.15) is 5.82 Å². The molecule has 1 heterocycles. The van der Waals surface area contributed by atoms with Crippen LogP contribution in [0.5, 0.6) is 0 Å². The highest BCUT2D eigenvalue weighted by Gasteiger charge is 2.18. The first-order valence-electron chi connectivity index (χ1n) is 5.55. The van der Waals surface area contributed by atoms with Crippen molar-refractivity contribution in [3.8, 4) is 0 Å². The van der Waals surface area contributed by atoms with Gasteiger partial charge in [0.2, 0.25) is 0 Å². The molecule has 1 aromatic carbocycles. The van der Waals surface area contributed by atoms with E-state index in [0.29, 0.717) is 11.1 Å². The largest absolute Gasteiger partial charge is 0.314 e. The summed E-state index contributed by atoms with van der Waals surface area (Å²) in [5.74, 6) is -0.276. The summed E-state index contributed by atoms with van der Waals surface area (Å²) in [5, 5.41) is 3.86. The van der Waals surface area contributed by atoms with Gasteiger partial charge in [-0.05, 0) is 24.6 Å². The Kier molecular flexibility index (Phi) is 5.67. The number of nitrogens with zero attached hydrogens (tertiary/aromatic N) is 1. The van der Waals surface area contributed by atoms with Crippen molar-refractivity contribution < 1.29 is 4.39 Å². The number of hydrogen-bond donors (Lipinski definition) is 1. The van der Waals surface area contributed by atoms with Crippen LogP contribution in [-0.2, 0) is 6.54 Å². The van der Waals surface area contributed by atoms with Gasteiger partial charge in [0.15, 0.2) is 0 Å². The van der Waals surface area contributed by atoms with E-state index in [0.717, 1.165) is 31.7 Å². The van der Waals surface area contributed by atoms with Crippen molar-refractivity contribution in [1.82, 2.24) is 10.2 Å². The fraction of sp³-hybridized carbons (Fsp3) is 0.500. The lowest BCUT2D eigenvalue weighted by molar-refractivity contribution is 0.165. The van der Waals surface area contributed by atoms with E-state index in [2.05, 4.69) is 17.1 Å². The second kappa shape index (κ2) is 6.55. The molecule has 0 radical (unpaired) electrons. The minimum absolute atomic E-state index is 0. The number of nitrogens with one attached hydrogen (secondary N) is 1. The van der Waals surface area contributed by atoms with Crippen molar-refractivity contribution in [2.24, 2.45) is 0 Å². The summed E-state index contributed by atoms with van der Waals surface area (Å²) < 4.78 is 12.9. The van der Waals surface area contributed by atoms with Gasteiger partial charge in [0.05, 0.1) is 0 Å². The number of benzene rings is 1. The topological polar surface area (TPSA) is 15.3 Å². The molecular formula is C12H17Cl2FN2. The SMILES string of the molecule is C[C@H]1CNCCN1Cc1ccc(F)cc1Cl.Cl. The van der Waals surface area contributed by atoms with E-state index in [1.54, 1.807) is 6.07 Å². The predicted molar refractivity (Wildman–Crippen MR) is 71.4 cm³/mol. The first kappa shape index (κ1) is 14.7. The molecule has 2 nitrogen and oxygen atoms in total. The average molecular weight is 279 g/mol. The molecule has 0 aromatic heterocycles. The van der Waals surface area contributed by atoms with E-state index >= 15 is 0 Å². The third-order valence-electron chi connectivity index (χ3n) is 3.03. The maximum atomic E-state index is 12.9. The van der Waals surface area contributed by atoms with Gasteiger partial charge in [0, 0.05) is 37.2 Å². The number of rotatable bonds is 2. The maximum Gasteiger partial charge on any atom is 0.124 e. The zero-order valence-electron chi connectivity index (χ0n) is 9.75. The summed E-state index contributed by atoms with van der Waals surface area (Å²) in [5.41, 5.74) is 0.997. The van der Waals surface area contributed by atoms with Crippen LogP contribution in [0.4, 0.5) is 4.39 Å². The van der Waals surface area contributed by atoms with Crippen LogP contribution in [0.2, 0.25) is 5.02 Å². The Bertz CT molecular complexity index is 374. The third-order valence-corrected chi connectivity index (χ3v) is 3.38. The Hall–Kier alpha value is -0.350. The molecule has 1 fully saturated rings. The Balaban J connectivity index is 0.00000144. The van der Waals surface area contributed by atoms with E-state index < -0.39 is 0 Å². The molecule has 0 unspecified atom stereocenters. The molecule has 0 aliphatic carbocycles. The molecule has 2 rings (SSSR count). The highest BCUT2D eigenvalue weighted by molar-refractivity contribution is 6.31. The Morgan fingerprint density at radius 1 is 1.53 bits per heavy atom. The Morgan fingerprint density at radius 3 is 2.94 bits per heavy atom. The zero-order chi connectivity index (χ0) is 11.5. The third kappa shape index (κ3) is 3.81. The average Bonchev–Trinajstić information content (AvgIpc) is 2.25. The van der Waals surface area contributed by atoms with Crippen LogP contribution in [0.15, 0.2) is 18.2 Å². The number of halogens is 3. The van der Waals surface area contributed by atoms with Crippen molar-refractivity contribution in [3.63, 3.8) is 0 Å². The van der Waals surface area contributed by atoms with Crippen LogP contribution in [0, 0.1) is 5.82 Å². The summed E-state index contributed by atoms with van der Waals surface area (Å²) in [6.07, 6.45) is 0. The molecule has 1 N–H and O–H groups in total. The van der Waals surface area contributed by atoms with Crippen molar-refractivity contribution in [1.29, 1.82) is 0 Å². The second-order valence-electron chi connectivity index (χ2n) is 4.26. The molecule has 1 aromatic rings. The van der Waals surface area contributed by atoms with Gasteiger partial charge >= 0.3 is 0 Å². The molecule has 0 saturated carbocycles. The molecule has 0 amide bonds. The Labute approximate surface area is 113 Å². The van der Waals surface area contributed by atoms with E-state index in [1.165, 1.54) is 12.1 Å². The first-order valence-corrected chi connectivity index (χ1v) is 5.93. The predicted octanol–water partition coefficient (Wildman–Crippen LogP) is 2.69. The van der Waals surface area contributed by atoms with Gasteiger partial charge in [-0.3, -0.25) is 4.90 Å². The van der Waals surface area contributed by atoms with Crippen molar-refractivity contribution in [2.75, 3.05) is 19.6 Å². The van der Waals surface area contributed by atoms with Crippen LogP contribution in [-0.4, -0.2) is 30.6 Å². The molecule has 1 aliphatic rings. The van der Waals surface area contributed by atoms with E-state index in [1.807, 2.05) is 0 Å². The monoisotopic (exact) mass is 278 g/mol. The summed E-state index contributed by atoms with van der Waals surface area (Å²) in [7, 11) is 0. The molecular weight excluding hydrogens is 262 g/mol. The lowest BCUT2D eigenvalue weighted by Gasteiger charge is -2.34. The van der Waals surface area contributed by atoms with Crippen molar-refractivity contribution in [3.05, 3.63) is 34.6 Å².